The molecule has 1 saturated heterocycles. The van der Waals surface area contributed by atoms with Gasteiger partial charge in [0.2, 0.25) is 0 Å². The fourth-order valence-electron chi connectivity index (χ4n) is 1.62. The van der Waals surface area contributed by atoms with Crippen LogP contribution in [-0.4, -0.2) is 44.3 Å². The van der Waals surface area contributed by atoms with Crippen LogP contribution < -0.4 is 0 Å². The third-order valence-electron chi connectivity index (χ3n) is 2.33. The number of aliphatic carboxylic acids is 1. The number of ether oxygens (including phenoxy) is 1. The van der Waals surface area contributed by atoms with E-state index in [0.29, 0.717) is 11.7 Å². The van der Waals surface area contributed by atoms with E-state index in [2.05, 4.69) is 10.2 Å². The number of aromatic nitrogens is 3. The van der Waals surface area contributed by atoms with Crippen molar-refractivity contribution in [2.24, 2.45) is 0 Å². The van der Waals surface area contributed by atoms with Crippen LogP contribution in [0, 0.1) is 0 Å². The number of carboxylic acids is 1. The summed E-state index contributed by atoms with van der Waals surface area (Å²) >= 11 is 1.18. The second kappa shape index (κ2) is 5.31. The summed E-state index contributed by atoms with van der Waals surface area (Å²) in [6.07, 6.45) is 3.96. The molecule has 1 aliphatic heterocycles. The molecule has 6 nitrogen and oxygen atoms in total. The smallest absolute Gasteiger partial charge is 0.313 e. The van der Waals surface area contributed by atoms with Gasteiger partial charge >= 0.3 is 5.97 Å². The molecule has 0 amide bonds. The van der Waals surface area contributed by atoms with Gasteiger partial charge in [-0.1, -0.05) is 11.8 Å². The Morgan fingerprint density at radius 3 is 3.31 bits per heavy atom. The van der Waals surface area contributed by atoms with Gasteiger partial charge in [-0.15, -0.1) is 10.2 Å². The van der Waals surface area contributed by atoms with Crippen LogP contribution in [0.3, 0.4) is 0 Å². The maximum Gasteiger partial charge on any atom is 0.313 e. The summed E-state index contributed by atoms with van der Waals surface area (Å²) in [5.41, 5.74) is 0. The van der Waals surface area contributed by atoms with Crippen molar-refractivity contribution in [2.75, 3.05) is 12.4 Å². The molecule has 7 heteroatoms. The average molecular weight is 243 g/mol. The number of nitrogens with zero attached hydrogens (tertiary/aromatic N) is 3. The summed E-state index contributed by atoms with van der Waals surface area (Å²) in [4.78, 5) is 10.4. The van der Waals surface area contributed by atoms with Crippen LogP contribution in [0.25, 0.3) is 0 Å². The van der Waals surface area contributed by atoms with E-state index in [1.165, 1.54) is 11.8 Å². The van der Waals surface area contributed by atoms with Gasteiger partial charge in [0.05, 0.1) is 18.4 Å². The Balaban J connectivity index is 1.92. The SMILES string of the molecule is O=C(O)CSc1nncn1CC1CCCO1. The van der Waals surface area contributed by atoms with Gasteiger partial charge in [0.1, 0.15) is 6.33 Å². The third-order valence-corrected chi connectivity index (χ3v) is 3.29. The summed E-state index contributed by atoms with van der Waals surface area (Å²) in [5.74, 6) is -0.846. The second-order valence-corrected chi connectivity index (χ2v) is 4.53. The molecule has 1 atom stereocenters. The number of rotatable bonds is 5. The highest BCUT2D eigenvalue weighted by Gasteiger charge is 2.18. The number of carboxylic acid groups (broad SMARTS) is 1. The summed E-state index contributed by atoms with van der Waals surface area (Å²) in [6.45, 7) is 1.51. The van der Waals surface area contributed by atoms with Crippen LogP contribution in [0.5, 0.6) is 0 Å². The lowest BCUT2D eigenvalue weighted by Gasteiger charge is -2.10. The van der Waals surface area contributed by atoms with Gasteiger partial charge < -0.3 is 14.4 Å². The highest BCUT2D eigenvalue weighted by Crippen LogP contribution is 2.18. The minimum Gasteiger partial charge on any atom is -0.481 e. The number of carbonyl (C=O) groups is 1. The van der Waals surface area contributed by atoms with E-state index in [0.717, 1.165) is 19.4 Å². The second-order valence-electron chi connectivity index (χ2n) is 3.58. The number of hydrogen-bond donors (Lipinski definition) is 1. The zero-order valence-corrected chi connectivity index (χ0v) is 9.52. The number of hydrogen-bond acceptors (Lipinski definition) is 5. The molecule has 16 heavy (non-hydrogen) atoms. The lowest BCUT2D eigenvalue weighted by Crippen LogP contribution is -2.15. The summed E-state index contributed by atoms with van der Waals surface area (Å²) < 4.78 is 7.36. The van der Waals surface area contributed by atoms with Crippen molar-refractivity contribution in [2.45, 2.75) is 30.6 Å². The Morgan fingerprint density at radius 1 is 1.75 bits per heavy atom. The van der Waals surface area contributed by atoms with E-state index in [1.54, 1.807) is 6.33 Å². The molecule has 0 saturated carbocycles. The predicted octanol–water partition coefficient (Wildman–Crippen LogP) is 0.634. The fourth-order valence-corrected chi connectivity index (χ4v) is 2.26. The van der Waals surface area contributed by atoms with Gasteiger partial charge in [0.15, 0.2) is 5.16 Å². The standard InChI is InChI=1S/C9H13N3O3S/c13-8(14)5-16-9-11-10-6-12(9)4-7-2-1-3-15-7/h6-7H,1-5H2,(H,13,14). The van der Waals surface area contributed by atoms with Crippen molar-refractivity contribution in [1.82, 2.24) is 14.8 Å². The minimum atomic E-state index is -0.850. The van der Waals surface area contributed by atoms with Crippen molar-refractivity contribution in [1.29, 1.82) is 0 Å². The average Bonchev–Trinajstić information content (AvgIpc) is 2.87. The molecule has 0 aliphatic carbocycles. The summed E-state index contributed by atoms with van der Waals surface area (Å²) in [6, 6.07) is 0. The molecule has 2 rings (SSSR count). The largest absolute Gasteiger partial charge is 0.481 e. The molecule has 0 aromatic carbocycles. The first-order valence-electron chi connectivity index (χ1n) is 5.09. The van der Waals surface area contributed by atoms with Crippen LogP contribution in [-0.2, 0) is 16.1 Å². The molecule has 0 bridgehead atoms. The molecule has 1 aromatic rings. The Morgan fingerprint density at radius 2 is 2.62 bits per heavy atom. The zero-order chi connectivity index (χ0) is 11.4. The van der Waals surface area contributed by atoms with Crippen molar-refractivity contribution in [3.8, 4) is 0 Å². The third kappa shape index (κ3) is 2.96. The lowest BCUT2D eigenvalue weighted by atomic mass is 10.2. The van der Waals surface area contributed by atoms with E-state index in [-0.39, 0.29) is 11.9 Å². The molecule has 0 spiro atoms. The van der Waals surface area contributed by atoms with E-state index in [1.807, 2.05) is 4.57 Å². The monoisotopic (exact) mass is 243 g/mol. The minimum absolute atomic E-state index is 0.00418. The van der Waals surface area contributed by atoms with Crippen molar-refractivity contribution < 1.29 is 14.6 Å². The fraction of sp³-hybridized carbons (Fsp3) is 0.667. The van der Waals surface area contributed by atoms with E-state index < -0.39 is 5.97 Å². The van der Waals surface area contributed by atoms with Crippen molar-refractivity contribution in [3.63, 3.8) is 0 Å². The summed E-state index contributed by atoms with van der Waals surface area (Å²) in [7, 11) is 0. The quantitative estimate of drug-likeness (QED) is 0.764. The van der Waals surface area contributed by atoms with Crippen LogP contribution in [0.1, 0.15) is 12.8 Å². The van der Waals surface area contributed by atoms with Gasteiger partial charge in [0.25, 0.3) is 0 Å². The Hall–Kier alpha value is -1.08. The van der Waals surface area contributed by atoms with Gasteiger partial charge in [-0.25, -0.2) is 0 Å². The van der Waals surface area contributed by atoms with Crippen LogP contribution >= 0.6 is 11.8 Å². The molecule has 2 heterocycles. The normalized spacial score (nSPS) is 20.1. The maximum absolute atomic E-state index is 10.4. The predicted molar refractivity (Wildman–Crippen MR) is 57.4 cm³/mol. The van der Waals surface area contributed by atoms with Crippen LogP contribution in [0.4, 0.5) is 0 Å². The van der Waals surface area contributed by atoms with Gasteiger partial charge in [-0.3, -0.25) is 4.79 Å². The van der Waals surface area contributed by atoms with E-state index in [9.17, 15) is 4.79 Å². The molecule has 1 fully saturated rings. The van der Waals surface area contributed by atoms with Gasteiger partial charge in [0, 0.05) is 6.61 Å². The molecule has 88 valence electrons. The van der Waals surface area contributed by atoms with E-state index >= 15 is 0 Å². The van der Waals surface area contributed by atoms with Crippen molar-refractivity contribution in [3.05, 3.63) is 6.33 Å². The Labute approximate surface area is 97.0 Å². The number of thioether (sulfide) groups is 1. The molecule has 1 aliphatic rings. The highest BCUT2D eigenvalue weighted by atomic mass is 32.2. The highest BCUT2D eigenvalue weighted by molar-refractivity contribution is 7.99. The molecular weight excluding hydrogens is 230 g/mol. The molecular formula is C9H13N3O3S. The first-order chi connectivity index (χ1) is 7.75. The molecule has 1 unspecified atom stereocenters. The molecule has 1 aromatic heterocycles. The maximum atomic E-state index is 10.4. The Kier molecular flexibility index (Phi) is 3.79. The lowest BCUT2D eigenvalue weighted by molar-refractivity contribution is -0.133. The van der Waals surface area contributed by atoms with E-state index in [4.69, 9.17) is 9.84 Å². The van der Waals surface area contributed by atoms with Crippen molar-refractivity contribution >= 4 is 17.7 Å². The Bertz CT molecular complexity index is 363. The molecule has 1 N–H and O–H groups in total. The van der Waals surface area contributed by atoms with Crippen LogP contribution in [0.2, 0.25) is 0 Å². The van der Waals surface area contributed by atoms with Gasteiger partial charge in [-0.2, -0.15) is 0 Å². The zero-order valence-electron chi connectivity index (χ0n) is 8.70. The molecule has 0 radical (unpaired) electrons. The van der Waals surface area contributed by atoms with Gasteiger partial charge in [-0.05, 0) is 12.8 Å². The summed E-state index contributed by atoms with van der Waals surface area (Å²) in [5, 5.41) is 16.9. The first-order valence-corrected chi connectivity index (χ1v) is 6.08. The van der Waals surface area contributed by atoms with Crippen LogP contribution in [0.15, 0.2) is 11.5 Å². The topological polar surface area (TPSA) is 77.2 Å². The first kappa shape index (κ1) is 11.4.